The number of carbonyl (C=O) groups excluding carboxylic acids is 1. The first-order valence-corrected chi connectivity index (χ1v) is 12.0. The molecule has 0 amide bonds. The van der Waals surface area contributed by atoms with Crippen molar-refractivity contribution in [1.82, 2.24) is 19.7 Å². The van der Waals surface area contributed by atoms with E-state index in [2.05, 4.69) is 27.0 Å². The lowest BCUT2D eigenvalue weighted by molar-refractivity contribution is -0.188. The predicted molar refractivity (Wildman–Crippen MR) is 132 cm³/mol. The molecule has 4 aromatic rings. The molecule has 2 atom stereocenters. The average molecular weight is 483 g/mol. The number of pyridine rings is 1. The summed E-state index contributed by atoms with van der Waals surface area (Å²) in [6.07, 6.45) is 8.73. The smallest absolute Gasteiger partial charge is 0.168 e. The summed E-state index contributed by atoms with van der Waals surface area (Å²) in [5, 5.41) is 4.25. The van der Waals surface area contributed by atoms with Crippen LogP contribution in [0.2, 0.25) is 0 Å². The van der Waals surface area contributed by atoms with Crippen LogP contribution >= 0.6 is 0 Å². The van der Waals surface area contributed by atoms with Gasteiger partial charge in [-0.1, -0.05) is 17.0 Å². The average Bonchev–Trinajstić information content (AvgIpc) is 3.59. The normalized spacial score (nSPS) is 16.2. The van der Waals surface area contributed by atoms with Crippen LogP contribution in [0.25, 0.3) is 11.3 Å². The van der Waals surface area contributed by atoms with Gasteiger partial charge in [-0.3, -0.25) is 9.78 Å². The molecule has 8 nitrogen and oxygen atoms in total. The van der Waals surface area contributed by atoms with Crippen molar-refractivity contribution in [3.8, 4) is 23.2 Å². The summed E-state index contributed by atoms with van der Waals surface area (Å²) in [4.78, 5) is 19.2. The first-order valence-electron chi connectivity index (χ1n) is 12.0. The van der Waals surface area contributed by atoms with Gasteiger partial charge in [0.15, 0.2) is 18.3 Å². The lowest BCUT2D eigenvalue weighted by Gasteiger charge is -2.26. The molecule has 36 heavy (non-hydrogen) atoms. The summed E-state index contributed by atoms with van der Waals surface area (Å²) in [6.45, 7) is 3.26. The fraction of sp³-hybridized carbons (Fsp3) is 0.286. The van der Waals surface area contributed by atoms with Crippen molar-refractivity contribution in [2.75, 3.05) is 6.61 Å². The maximum atomic E-state index is 10.7. The van der Waals surface area contributed by atoms with Crippen LogP contribution in [0, 0.1) is 11.8 Å². The van der Waals surface area contributed by atoms with E-state index in [1.54, 1.807) is 24.5 Å². The zero-order chi connectivity index (χ0) is 24.7. The Bertz CT molecular complexity index is 1360. The minimum absolute atomic E-state index is 0.176. The molecule has 0 bridgehead atoms. The number of nitrogens with zero attached hydrogens (tertiary/aromatic N) is 4. The standard InChI is InChI=1S/C28H26N4O4/c1-20(35-27-4-2-3-15-34-27)28-29-13-14-32(28)18-25-16-26(36-31-25)23-10-7-21(8-11-23)5-6-22-9-12-24(19-33)30-17-22/h7-14,16-17,19-20,27H,2-4,15,18H2,1H3/t20-,27?/m0/s1. The zero-order valence-electron chi connectivity index (χ0n) is 20.0. The molecule has 0 aliphatic carbocycles. The third kappa shape index (κ3) is 5.77. The van der Waals surface area contributed by atoms with E-state index in [1.165, 1.54) is 0 Å². The highest BCUT2D eigenvalue weighted by atomic mass is 16.7. The van der Waals surface area contributed by atoms with Crippen molar-refractivity contribution in [1.29, 1.82) is 0 Å². The molecule has 8 heteroatoms. The fourth-order valence-electron chi connectivity index (χ4n) is 4.03. The molecule has 1 unspecified atom stereocenters. The first-order chi connectivity index (χ1) is 17.7. The Labute approximate surface area is 209 Å². The zero-order valence-corrected chi connectivity index (χ0v) is 20.0. The van der Waals surface area contributed by atoms with Crippen molar-refractivity contribution in [2.45, 2.75) is 45.1 Å². The maximum absolute atomic E-state index is 10.7. The monoisotopic (exact) mass is 482 g/mol. The molecule has 1 aromatic carbocycles. The summed E-state index contributed by atoms with van der Waals surface area (Å²) < 4.78 is 19.4. The lowest BCUT2D eigenvalue weighted by Crippen LogP contribution is -2.24. The number of aromatic nitrogens is 4. The van der Waals surface area contributed by atoms with E-state index in [1.807, 2.05) is 48.0 Å². The topological polar surface area (TPSA) is 92.3 Å². The lowest BCUT2D eigenvalue weighted by atomic mass is 10.1. The Morgan fingerprint density at radius 3 is 2.72 bits per heavy atom. The third-order valence-corrected chi connectivity index (χ3v) is 5.92. The fourth-order valence-corrected chi connectivity index (χ4v) is 4.03. The van der Waals surface area contributed by atoms with Crippen LogP contribution in [0.1, 0.15) is 65.4 Å². The molecular weight excluding hydrogens is 456 g/mol. The molecule has 3 aromatic heterocycles. The number of ether oxygens (including phenoxy) is 2. The number of hydrogen-bond acceptors (Lipinski definition) is 7. The van der Waals surface area contributed by atoms with Crippen molar-refractivity contribution in [2.24, 2.45) is 0 Å². The molecule has 5 rings (SSSR count). The van der Waals surface area contributed by atoms with E-state index in [-0.39, 0.29) is 12.4 Å². The van der Waals surface area contributed by atoms with E-state index in [0.717, 1.165) is 54.1 Å². The van der Waals surface area contributed by atoms with Crippen LogP contribution < -0.4 is 0 Å². The van der Waals surface area contributed by atoms with Crippen LogP contribution in [0.15, 0.2) is 65.6 Å². The Morgan fingerprint density at radius 1 is 1.14 bits per heavy atom. The predicted octanol–water partition coefficient (Wildman–Crippen LogP) is 4.80. The first kappa shape index (κ1) is 23.7. The molecule has 4 heterocycles. The minimum atomic E-state index is -0.193. The van der Waals surface area contributed by atoms with E-state index in [4.69, 9.17) is 14.0 Å². The molecular formula is C28H26N4O4. The van der Waals surface area contributed by atoms with Gasteiger partial charge < -0.3 is 18.6 Å². The highest BCUT2D eigenvalue weighted by Crippen LogP contribution is 2.25. The molecule has 0 radical (unpaired) electrons. The van der Waals surface area contributed by atoms with Gasteiger partial charge in [-0.2, -0.15) is 0 Å². The number of benzene rings is 1. The van der Waals surface area contributed by atoms with E-state index in [9.17, 15) is 4.79 Å². The Balaban J connectivity index is 1.22. The quantitative estimate of drug-likeness (QED) is 0.276. The number of aldehydes is 1. The maximum Gasteiger partial charge on any atom is 0.168 e. The molecule has 1 aliphatic heterocycles. The highest BCUT2D eigenvalue weighted by molar-refractivity contribution is 5.71. The summed E-state index contributed by atoms with van der Waals surface area (Å²) in [6, 6.07) is 13.1. The van der Waals surface area contributed by atoms with Crippen molar-refractivity contribution < 1.29 is 18.8 Å². The Kier molecular flexibility index (Phi) is 7.31. The second-order valence-electron chi connectivity index (χ2n) is 8.59. The van der Waals surface area contributed by atoms with Crippen LogP contribution in [-0.2, 0) is 16.0 Å². The van der Waals surface area contributed by atoms with Crippen molar-refractivity contribution in [3.63, 3.8) is 0 Å². The van der Waals surface area contributed by atoms with Crippen molar-refractivity contribution in [3.05, 3.63) is 89.4 Å². The SMILES string of the molecule is C[C@H](OC1CCCCO1)c1nccn1Cc1cc(-c2ccc(C#Cc3ccc(C=O)nc3)cc2)on1. The number of rotatable bonds is 7. The van der Waals surface area contributed by atoms with Crippen LogP contribution in [0.5, 0.6) is 0 Å². The number of hydrogen-bond donors (Lipinski definition) is 0. The molecule has 0 N–H and O–H groups in total. The van der Waals surface area contributed by atoms with Gasteiger partial charge in [0.05, 0.1) is 6.54 Å². The summed E-state index contributed by atoms with van der Waals surface area (Å²) >= 11 is 0. The summed E-state index contributed by atoms with van der Waals surface area (Å²) in [5.41, 5.74) is 3.69. The molecule has 0 saturated carbocycles. The van der Waals surface area contributed by atoms with Crippen molar-refractivity contribution >= 4 is 6.29 Å². The molecule has 0 spiro atoms. The minimum Gasteiger partial charge on any atom is -0.356 e. The van der Waals surface area contributed by atoms with E-state index < -0.39 is 0 Å². The van der Waals surface area contributed by atoms with Gasteiger partial charge >= 0.3 is 0 Å². The van der Waals surface area contributed by atoms with Gasteiger partial charge in [0.2, 0.25) is 0 Å². The largest absolute Gasteiger partial charge is 0.356 e. The second kappa shape index (κ2) is 11.1. The van der Waals surface area contributed by atoms with E-state index in [0.29, 0.717) is 24.3 Å². The van der Waals surface area contributed by atoms with E-state index >= 15 is 0 Å². The van der Waals surface area contributed by atoms with Gasteiger partial charge in [-0.25, -0.2) is 4.98 Å². The molecule has 1 aliphatic rings. The van der Waals surface area contributed by atoms with Crippen LogP contribution in [0.4, 0.5) is 0 Å². The van der Waals surface area contributed by atoms with Crippen LogP contribution in [0.3, 0.4) is 0 Å². The Morgan fingerprint density at radius 2 is 1.97 bits per heavy atom. The van der Waals surface area contributed by atoms with Gasteiger partial charge in [0.1, 0.15) is 23.3 Å². The highest BCUT2D eigenvalue weighted by Gasteiger charge is 2.21. The molecule has 1 saturated heterocycles. The molecule has 1 fully saturated rings. The summed E-state index contributed by atoms with van der Waals surface area (Å²) in [7, 11) is 0. The number of imidazole rings is 1. The van der Waals surface area contributed by atoms with Gasteiger partial charge in [-0.05, 0) is 62.6 Å². The number of carbonyl (C=O) groups is 1. The van der Waals surface area contributed by atoms with Crippen LogP contribution in [-0.4, -0.2) is 38.9 Å². The van der Waals surface area contributed by atoms with Gasteiger partial charge in [0.25, 0.3) is 0 Å². The molecule has 182 valence electrons. The third-order valence-electron chi connectivity index (χ3n) is 5.92. The van der Waals surface area contributed by atoms with Gasteiger partial charge in [0, 0.05) is 48.0 Å². The second-order valence-corrected chi connectivity index (χ2v) is 8.59. The Hall–Kier alpha value is -4.06. The van der Waals surface area contributed by atoms with Gasteiger partial charge in [-0.15, -0.1) is 0 Å². The summed E-state index contributed by atoms with van der Waals surface area (Å²) in [5.74, 6) is 7.66.